The molecule has 9 nitrogen and oxygen atoms in total. The fraction of sp³-hybridized carbons (Fsp3) is 0.364. The van der Waals surface area contributed by atoms with Crippen molar-refractivity contribution in [1.29, 1.82) is 0 Å². The summed E-state index contributed by atoms with van der Waals surface area (Å²) in [6.07, 6.45) is 0.485. The van der Waals surface area contributed by atoms with E-state index in [1.165, 1.54) is 35.7 Å². The minimum absolute atomic E-state index is 0.0682. The van der Waals surface area contributed by atoms with Crippen LogP contribution in [0.4, 0.5) is 4.39 Å². The van der Waals surface area contributed by atoms with Crippen molar-refractivity contribution in [2.45, 2.75) is 24.7 Å². The van der Waals surface area contributed by atoms with E-state index < -0.39 is 33.6 Å². The number of carbonyl (C=O) groups is 2. The molecule has 2 amide bonds. The van der Waals surface area contributed by atoms with E-state index in [4.69, 9.17) is 9.47 Å². The largest absolute Gasteiger partial charge is 0.493 e. The number of piperidine rings is 1. The molecule has 1 aliphatic rings. The maximum Gasteiger partial charge on any atom is 0.269 e. The molecule has 0 aliphatic carbocycles. The van der Waals surface area contributed by atoms with Gasteiger partial charge in [0.2, 0.25) is 15.9 Å². The number of benzene rings is 2. The van der Waals surface area contributed by atoms with Gasteiger partial charge in [0.1, 0.15) is 10.7 Å². The Balaban J connectivity index is 1.54. The Kier molecular flexibility index (Phi) is 7.88. The van der Waals surface area contributed by atoms with Crippen LogP contribution in [0.5, 0.6) is 11.5 Å². The number of sulfonamides is 1. The Labute approximate surface area is 191 Å². The second-order valence-electron chi connectivity index (χ2n) is 7.35. The summed E-state index contributed by atoms with van der Waals surface area (Å²) in [7, 11) is -2.52. The van der Waals surface area contributed by atoms with Crippen LogP contribution in [0.3, 0.4) is 0 Å². The van der Waals surface area contributed by atoms with Crippen LogP contribution < -0.4 is 20.3 Å². The SMILES string of the molecule is CCOc1ccc(C(=O)NNC(=O)C2CCN(S(=O)(=O)c3ccccc3F)CC2)cc1OC. The molecule has 0 saturated carbocycles. The molecule has 0 atom stereocenters. The third-order valence-electron chi connectivity index (χ3n) is 5.30. The number of hydrogen-bond acceptors (Lipinski definition) is 6. The first-order valence-corrected chi connectivity index (χ1v) is 11.9. The number of ether oxygens (including phenoxy) is 2. The molecule has 1 aliphatic heterocycles. The van der Waals surface area contributed by atoms with Gasteiger partial charge in [-0.1, -0.05) is 12.1 Å². The fourth-order valence-corrected chi connectivity index (χ4v) is 5.06. The summed E-state index contributed by atoms with van der Waals surface area (Å²) in [6, 6.07) is 9.83. The number of amides is 2. The molecule has 0 aromatic heterocycles. The van der Waals surface area contributed by atoms with Crippen molar-refractivity contribution >= 4 is 21.8 Å². The third-order valence-corrected chi connectivity index (χ3v) is 7.24. The minimum atomic E-state index is -3.98. The van der Waals surface area contributed by atoms with E-state index in [2.05, 4.69) is 10.9 Å². The van der Waals surface area contributed by atoms with Crippen LogP contribution >= 0.6 is 0 Å². The quantitative estimate of drug-likeness (QED) is 0.588. The average molecular weight is 480 g/mol. The van der Waals surface area contributed by atoms with Gasteiger partial charge in [-0.25, -0.2) is 12.8 Å². The normalized spacial score (nSPS) is 15.0. The molecule has 0 radical (unpaired) electrons. The van der Waals surface area contributed by atoms with Crippen molar-refractivity contribution in [3.63, 3.8) is 0 Å². The molecule has 2 aromatic carbocycles. The summed E-state index contributed by atoms with van der Waals surface area (Å²) in [5.41, 5.74) is 5.01. The first-order chi connectivity index (χ1) is 15.8. The highest BCUT2D eigenvalue weighted by atomic mass is 32.2. The Morgan fingerprint density at radius 3 is 2.42 bits per heavy atom. The summed E-state index contributed by atoms with van der Waals surface area (Å²) in [4.78, 5) is 24.5. The molecule has 2 N–H and O–H groups in total. The van der Waals surface area contributed by atoms with Crippen molar-refractivity contribution in [1.82, 2.24) is 15.2 Å². The zero-order valence-electron chi connectivity index (χ0n) is 18.3. The smallest absolute Gasteiger partial charge is 0.269 e. The molecule has 1 fully saturated rings. The number of hydrogen-bond donors (Lipinski definition) is 2. The van der Waals surface area contributed by atoms with E-state index in [0.717, 1.165) is 6.07 Å². The average Bonchev–Trinajstić information content (AvgIpc) is 2.83. The van der Waals surface area contributed by atoms with Crippen LogP contribution in [-0.4, -0.2) is 51.3 Å². The van der Waals surface area contributed by atoms with Gasteiger partial charge in [0.25, 0.3) is 5.91 Å². The van der Waals surface area contributed by atoms with Crippen molar-refractivity contribution in [3.8, 4) is 11.5 Å². The second kappa shape index (κ2) is 10.6. The molecule has 11 heteroatoms. The zero-order valence-corrected chi connectivity index (χ0v) is 19.2. The first-order valence-electron chi connectivity index (χ1n) is 10.4. The number of hydrazine groups is 1. The molecule has 33 heavy (non-hydrogen) atoms. The number of methoxy groups -OCH3 is 1. The standard InChI is InChI=1S/C22H26FN3O6S/c1-3-32-18-9-8-16(14-19(18)31-2)22(28)25-24-21(27)15-10-12-26(13-11-15)33(29,30)20-7-5-4-6-17(20)23/h4-9,14-15H,3,10-13H2,1-2H3,(H,24,27)(H,25,28). The third kappa shape index (κ3) is 5.60. The van der Waals surface area contributed by atoms with Crippen LogP contribution in [0.1, 0.15) is 30.1 Å². The Morgan fingerprint density at radius 1 is 1.09 bits per heavy atom. The molecule has 0 unspecified atom stereocenters. The van der Waals surface area contributed by atoms with Gasteiger partial charge in [0.15, 0.2) is 11.5 Å². The lowest BCUT2D eigenvalue weighted by molar-refractivity contribution is -0.126. The summed E-state index contributed by atoms with van der Waals surface area (Å²) >= 11 is 0. The monoisotopic (exact) mass is 479 g/mol. The number of nitrogens with zero attached hydrogens (tertiary/aromatic N) is 1. The maximum absolute atomic E-state index is 13.9. The molecule has 2 aromatic rings. The van der Waals surface area contributed by atoms with Crippen molar-refractivity contribution in [3.05, 3.63) is 53.8 Å². The Hall–Kier alpha value is -3.18. The molecule has 0 spiro atoms. The van der Waals surface area contributed by atoms with Gasteiger partial charge in [-0.15, -0.1) is 0 Å². The van der Waals surface area contributed by atoms with E-state index in [1.54, 1.807) is 12.1 Å². The molecule has 178 valence electrons. The van der Waals surface area contributed by atoms with Crippen LogP contribution in [0.25, 0.3) is 0 Å². The molecule has 0 bridgehead atoms. The molecule has 1 heterocycles. The van der Waals surface area contributed by atoms with Crippen LogP contribution in [-0.2, 0) is 14.8 Å². The van der Waals surface area contributed by atoms with Gasteiger partial charge in [0, 0.05) is 24.6 Å². The number of halogens is 1. The fourth-order valence-electron chi connectivity index (χ4n) is 3.53. The lowest BCUT2D eigenvalue weighted by Crippen LogP contribution is -2.48. The number of carbonyl (C=O) groups excluding carboxylic acids is 2. The van der Waals surface area contributed by atoms with Gasteiger partial charge in [-0.2, -0.15) is 4.31 Å². The Morgan fingerprint density at radius 2 is 1.79 bits per heavy atom. The van der Waals surface area contributed by atoms with Gasteiger partial charge in [0.05, 0.1) is 13.7 Å². The molecule has 3 rings (SSSR count). The van der Waals surface area contributed by atoms with Crippen LogP contribution in [0, 0.1) is 11.7 Å². The highest BCUT2D eigenvalue weighted by molar-refractivity contribution is 7.89. The summed E-state index contributed by atoms with van der Waals surface area (Å²) < 4.78 is 51.1. The van der Waals surface area contributed by atoms with E-state index in [9.17, 15) is 22.4 Å². The number of nitrogens with one attached hydrogen (secondary N) is 2. The van der Waals surface area contributed by atoms with E-state index in [1.807, 2.05) is 6.92 Å². The topological polar surface area (TPSA) is 114 Å². The highest BCUT2D eigenvalue weighted by Crippen LogP contribution is 2.28. The lowest BCUT2D eigenvalue weighted by Gasteiger charge is -2.30. The van der Waals surface area contributed by atoms with Crippen molar-refractivity contribution in [2.75, 3.05) is 26.8 Å². The zero-order chi connectivity index (χ0) is 24.0. The van der Waals surface area contributed by atoms with Gasteiger partial charge < -0.3 is 9.47 Å². The minimum Gasteiger partial charge on any atom is -0.493 e. The molecular formula is C22H26FN3O6S. The Bertz CT molecular complexity index is 1120. The van der Waals surface area contributed by atoms with Gasteiger partial charge in [-0.3, -0.25) is 20.4 Å². The van der Waals surface area contributed by atoms with Gasteiger partial charge >= 0.3 is 0 Å². The van der Waals surface area contributed by atoms with Crippen molar-refractivity contribution in [2.24, 2.45) is 5.92 Å². The summed E-state index contributed by atoms with van der Waals surface area (Å²) in [5, 5.41) is 0. The second-order valence-corrected chi connectivity index (χ2v) is 9.26. The number of rotatable bonds is 7. The lowest BCUT2D eigenvalue weighted by atomic mass is 9.98. The van der Waals surface area contributed by atoms with Crippen LogP contribution in [0.15, 0.2) is 47.4 Å². The predicted octanol–water partition coefficient (Wildman–Crippen LogP) is 2.09. The highest BCUT2D eigenvalue weighted by Gasteiger charge is 2.33. The maximum atomic E-state index is 13.9. The van der Waals surface area contributed by atoms with E-state index >= 15 is 0 Å². The first kappa shape index (κ1) is 24.5. The van der Waals surface area contributed by atoms with Crippen LogP contribution in [0.2, 0.25) is 0 Å². The van der Waals surface area contributed by atoms with E-state index in [0.29, 0.717) is 18.1 Å². The summed E-state index contributed by atoms with van der Waals surface area (Å²) in [6.45, 7) is 2.41. The predicted molar refractivity (Wildman–Crippen MR) is 118 cm³/mol. The molecule has 1 saturated heterocycles. The van der Waals surface area contributed by atoms with Crippen molar-refractivity contribution < 1.29 is 31.9 Å². The molecular weight excluding hydrogens is 453 g/mol. The summed E-state index contributed by atoms with van der Waals surface area (Å²) in [5.74, 6) is -1.39. The van der Waals surface area contributed by atoms with E-state index in [-0.39, 0.29) is 36.4 Å². The van der Waals surface area contributed by atoms with Gasteiger partial charge in [-0.05, 0) is 50.1 Å².